The number of imide groups is 1. The third-order valence-electron chi connectivity index (χ3n) is 8.14. The lowest BCUT2D eigenvalue weighted by molar-refractivity contribution is -0.122. The largest absolute Gasteiger partial charge is 0.497 e. The highest BCUT2D eigenvalue weighted by molar-refractivity contribution is 8.00. The van der Waals surface area contributed by atoms with Crippen LogP contribution >= 0.6 is 23.1 Å². The number of methoxy groups -OCH3 is 1. The van der Waals surface area contributed by atoms with Gasteiger partial charge in [-0.3, -0.25) is 23.7 Å². The lowest BCUT2D eigenvalue weighted by Gasteiger charge is -2.30. The summed E-state index contributed by atoms with van der Waals surface area (Å²) < 4.78 is 16.7. The van der Waals surface area contributed by atoms with Crippen LogP contribution in [0.2, 0.25) is 0 Å². The number of ether oxygens (including phenoxy) is 3. The minimum atomic E-state index is -0.893. The molecule has 2 aliphatic rings. The third kappa shape index (κ3) is 6.48. The quantitative estimate of drug-likeness (QED) is 0.182. The molecule has 3 atom stereocenters. The Bertz CT molecular complexity index is 1990. The molecule has 3 heterocycles. The van der Waals surface area contributed by atoms with E-state index in [0.29, 0.717) is 38.2 Å². The molecule has 6 rings (SSSR count). The molecule has 12 nitrogen and oxygen atoms in total. The number of carbonyl (C=O) groups is 5. The Labute approximate surface area is 289 Å². The average Bonchev–Trinajstić information content (AvgIpc) is 3.55. The first-order valence-corrected chi connectivity index (χ1v) is 17.1. The van der Waals surface area contributed by atoms with E-state index in [-0.39, 0.29) is 25.3 Å². The van der Waals surface area contributed by atoms with Gasteiger partial charge in [-0.2, -0.15) is 0 Å². The predicted molar refractivity (Wildman–Crippen MR) is 182 cm³/mol. The Morgan fingerprint density at radius 1 is 0.796 bits per heavy atom. The van der Waals surface area contributed by atoms with Gasteiger partial charge in [0.1, 0.15) is 17.5 Å². The fourth-order valence-corrected chi connectivity index (χ4v) is 8.66. The van der Waals surface area contributed by atoms with Crippen LogP contribution in [-0.2, 0) is 30.4 Å². The number of amides is 3. The van der Waals surface area contributed by atoms with Gasteiger partial charge in [-0.15, -0.1) is 0 Å². The molecule has 0 bridgehead atoms. The number of thioether (sulfide) groups is 1. The summed E-state index contributed by atoms with van der Waals surface area (Å²) in [5, 5.41) is 2.29. The Morgan fingerprint density at radius 2 is 1.39 bits per heavy atom. The van der Waals surface area contributed by atoms with E-state index in [2.05, 4.69) is 5.32 Å². The van der Waals surface area contributed by atoms with Crippen LogP contribution in [0.15, 0.2) is 82.6 Å². The Morgan fingerprint density at radius 3 is 1.96 bits per heavy atom. The van der Waals surface area contributed by atoms with Crippen LogP contribution in [0.3, 0.4) is 0 Å². The van der Waals surface area contributed by atoms with Crippen LogP contribution in [0, 0.1) is 5.92 Å². The third-order valence-corrected chi connectivity index (χ3v) is 10.7. The summed E-state index contributed by atoms with van der Waals surface area (Å²) in [4.78, 5) is 80.3. The molecule has 252 valence electrons. The summed E-state index contributed by atoms with van der Waals surface area (Å²) in [5.41, 5.74) is 2.05. The maximum Gasteiger partial charge on any atom is 0.338 e. The number of carbonyl (C=O) groups excluding carboxylic acids is 5. The van der Waals surface area contributed by atoms with Crippen molar-refractivity contribution in [1.82, 2.24) is 4.57 Å². The van der Waals surface area contributed by atoms with Crippen LogP contribution in [0.5, 0.6) is 5.75 Å². The number of hydrogen-bond acceptors (Lipinski definition) is 11. The van der Waals surface area contributed by atoms with E-state index in [9.17, 15) is 28.8 Å². The van der Waals surface area contributed by atoms with Crippen molar-refractivity contribution in [2.75, 3.05) is 30.5 Å². The second kappa shape index (κ2) is 14.1. The molecule has 3 aromatic carbocycles. The van der Waals surface area contributed by atoms with Gasteiger partial charge in [0.05, 0.1) is 48.1 Å². The highest BCUT2D eigenvalue weighted by Crippen LogP contribution is 2.54. The molecule has 1 aromatic heterocycles. The van der Waals surface area contributed by atoms with Crippen molar-refractivity contribution in [3.8, 4) is 5.75 Å². The van der Waals surface area contributed by atoms with Crippen molar-refractivity contribution in [1.29, 1.82) is 0 Å². The van der Waals surface area contributed by atoms with Crippen molar-refractivity contribution in [3.63, 3.8) is 0 Å². The number of fused-ring (bicyclic) bond motifs is 2. The van der Waals surface area contributed by atoms with Crippen molar-refractivity contribution in [2.24, 2.45) is 5.92 Å². The summed E-state index contributed by atoms with van der Waals surface area (Å²) in [7, 11) is 1.54. The van der Waals surface area contributed by atoms with Gasteiger partial charge < -0.3 is 19.5 Å². The summed E-state index contributed by atoms with van der Waals surface area (Å²) in [6.07, 6.45) is 0. The molecule has 0 radical (unpaired) electrons. The van der Waals surface area contributed by atoms with Gasteiger partial charge in [0.2, 0.25) is 17.7 Å². The van der Waals surface area contributed by atoms with E-state index < -0.39 is 51.6 Å². The lowest BCUT2D eigenvalue weighted by atomic mass is 9.83. The molecule has 14 heteroatoms. The summed E-state index contributed by atoms with van der Waals surface area (Å²) in [6, 6.07) is 19.3. The Kier molecular flexibility index (Phi) is 9.69. The number of benzene rings is 3. The van der Waals surface area contributed by atoms with Crippen molar-refractivity contribution in [2.45, 2.75) is 36.6 Å². The second-order valence-corrected chi connectivity index (χ2v) is 13.2. The topological polar surface area (TPSA) is 150 Å². The first-order chi connectivity index (χ1) is 23.6. The standard InChI is InChI=1S/C35H31N3O9S2/c1-4-46-33(42)20-6-12-22(13-7-20)36-25(39)18-37-32-29(49-35(37)44)26(19-10-16-24(45-3)17-11-19)27-28(48-32)31(41)38(30(27)40)23-14-8-21(9-15-23)34(43)47-5-2/h6-17,26-28H,4-5,18H2,1-3H3,(H,36,39). The van der Waals surface area contributed by atoms with E-state index >= 15 is 0 Å². The van der Waals surface area contributed by atoms with Gasteiger partial charge in [0.25, 0.3) is 0 Å². The normalized spacial score (nSPS) is 18.0. The molecule has 0 saturated carbocycles. The average molecular weight is 702 g/mol. The number of nitrogens with one attached hydrogen (secondary N) is 1. The zero-order valence-corrected chi connectivity index (χ0v) is 28.3. The van der Waals surface area contributed by atoms with Crippen molar-refractivity contribution >= 4 is 64.1 Å². The van der Waals surface area contributed by atoms with Gasteiger partial charge in [-0.25, -0.2) is 14.5 Å². The molecule has 3 unspecified atom stereocenters. The molecule has 49 heavy (non-hydrogen) atoms. The number of anilines is 2. The lowest BCUT2D eigenvalue weighted by Crippen LogP contribution is -2.33. The predicted octanol–water partition coefficient (Wildman–Crippen LogP) is 4.71. The van der Waals surface area contributed by atoms with Crippen LogP contribution in [0.25, 0.3) is 0 Å². The summed E-state index contributed by atoms with van der Waals surface area (Å²) in [6.45, 7) is 3.50. The van der Waals surface area contributed by atoms with E-state index in [1.807, 2.05) is 0 Å². The van der Waals surface area contributed by atoms with Crippen molar-refractivity contribution < 1.29 is 38.2 Å². The summed E-state index contributed by atoms with van der Waals surface area (Å²) in [5.74, 6) is -3.30. The molecule has 3 amide bonds. The maximum atomic E-state index is 14.2. The zero-order chi connectivity index (χ0) is 34.8. The number of esters is 2. The van der Waals surface area contributed by atoms with Crippen LogP contribution in [0.4, 0.5) is 11.4 Å². The van der Waals surface area contributed by atoms with Crippen LogP contribution in [-0.4, -0.2) is 59.8 Å². The van der Waals surface area contributed by atoms with Crippen LogP contribution in [0.1, 0.15) is 50.9 Å². The SMILES string of the molecule is CCOC(=O)c1ccc(NC(=O)Cn2c3c(sc2=O)C(c2ccc(OC)cc2)C2C(=O)N(c4ccc(C(=O)OCC)cc4)C(=O)C2S3)cc1. The fourth-order valence-electron chi connectivity index (χ4n) is 5.89. The molecular formula is C35H31N3O9S2. The molecule has 1 saturated heterocycles. The molecule has 0 aliphatic carbocycles. The molecular weight excluding hydrogens is 671 g/mol. The molecule has 2 aliphatic heterocycles. The summed E-state index contributed by atoms with van der Waals surface area (Å²) >= 11 is 2.03. The number of hydrogen-bond donors (Lipinski definition) is 1. The minimum Gasteiger partial charge on any atom is -0.497 e. The van der Waals surface area contributed by atoms with E-state index in [1.54, 1.807) is 50.2 Å². The van der Waals surface area contributed by atoms with Gasteiger partial charge in [-0.05, 0) is 80.1 Å². The molecule has 0 spiro atoms. The first kappa shape index (κ1) is 33.7. The number of nitrogens with zero attached hydrogens (tertiary/aromatic N) is 2. The molecule has 4 aromatic rings. The Balaban J connectivity index is 1.32. The molecule has 1 fully saturated rings. The van der Waals surface area contributed by atoms with Gasteiger partial charge >= 0.3 is 16.8 Å². The van der Waals surface area contributed by atoms with Crippen molar-refractivity contribution in [3.05, 3.63) is 104 Å². The highest BCUT2D eigenvalue weighted by Gasteiger charge is 2.56. The number of thiazole rings is 1. The van der Waals surface area contributed by atoms with Gasteiger partial charge in [0, 0.05) is 16.5 Å². The second-order valence-electron chi connectivity index (χ2n) is 11.1. The zero-order valence-electron chi connectivity index (χ0n) is 26.7. The Hall–Kier alpha value is -5.21. The van der Waals surface area contributed by atoms with Crippen LogP contribution < -0.4 is 19.8 Å². The fraction of sp³-hybridized carbons (Fsp3) is 0.257. The maximum absolute atomic E-state index is 14.2. The molecule has 1 N–H and O–H groups in total. The van der Waals surface area contributed by atoms with E-state index in [4.69, 9.17) is 14.2 Å². The van der Waals surface area contributed by atoms with E-state index in [0.717, 1.165) is 28.0 Å². The van der Waals surface area contributed by atoms with Gasteiger partial charge in [-0.1, -0.05) is 35.2 Å². The number of rotatable bonds is 10. The van der Waals surface area contributed by atoms with E-state index in [1.165, 1.54) is 48.1 Å². The smallest absolute Gasteiger partial charge is 0.338 e. The minimum absolute atomic E-state index is 0.206. The highest BCUT2D eigenvalue weighted by atomic mass is 32.2. The monoisotopic (exact) mass is 701 g/mol. The first-order valence-electron chi connectivity index (χ1n) is 15.4. The van der Waals surface area contributed by atoms with Gasteiger partial charge in [0.15, 0.2) is 0 Å². The number of aromatic nitrogens is 1.